The molecule has 0 unspecified atom stereocenters. The fraction of sp³-hybridized carbons (Fsp3) is 0.909. The van der Waals surface area contributed by atoms with Gasteiger partial charge in [0.25, 0.3) is 0 Å². The molecule has 1 rings (SSSR count). The molecule has 0 bridgehead atoms. The summed E-state index contributed by atoms with van der Waals surface area (Å²) < 4.78 is 0. The third kappa shape index (κ3) is 1.72. The maximum atomic E-state index is 12.0. The molecule has 0 spiro atoms. The lowest BCUT2D eigenvalue weighted by molar-refractivity contribution is -0.149. The van der Waals surface area contributed by atoms with Crippen LogP contribution in [0.15, 0.2) is 0 Å². The van der Waals surface area contributed by atoms with Gasteiger partial charge in [-0.1, -0.05) is 34.6 Å². The van der Waals surface area contributed by atoms with E-state index in [0.29, 0.717) is 5.91 Å². The second kappa shape index (κ2) is 3.00. The molecule has 0 aromatic carbocycles. The number of likely N-dealkylation sites (tertiary alicyclic amines) is 1. The van der Waals surface area contributed by atoms with Crippen LogP contribution in [-0.2, 0) is 4.79 Å². The van der Waals surface area contributed by atoms with E-state index in [4.69, 9.17) is 0 Å². The monoisotopic (exact) mass is 183 g/mol. The third-order valence-corrected chi connectivity index (χ3v) is 3.55. The molecule has 0 atom stereocenters. The molecular weight excluding hydrogens is 162 g/mol. The Hall–Kier alpha value is -0.530. The van der Waals surface area contributed by atoms with Gasteiger partial charge in [0.05, 0.1) is 0 Å². The first kappa shape index (κ1) is 10.6. The zero-order chi connectivity index (χ0) is 10.3. The molecule has 1 fully saturated rings. The highest BCUT2D eigenvalue weighted by Crippen LogP contribution is 2.40. The molecule has 0 aromatic rings. The maximum absolute atomic E-state index is 12.0. The summed E-state index contributed by atoms with van der Waals surface area (Å²) >= 11 is 0. The minimum atomic E-state index is -0.243. The van der Waals surface area contributed by atoms with Gasteiger partial charge in [-0.2, -0.15) is 0 Å². The molecule has 0 aliphatic carbocycles. The van der Waals surface area contributed by atoms with Crippen LogP contribution in [0.5, 0.6) is 0 Å². The van der Waals surface area contributed by atoms with E-state index in [0.717, 1.165) is 13.1 Å². The molecule has 1 saturated heterocycles. The molecule has 0 N–H and O–H groups in total. The van der Waals surface area contributed by atoms with Gasteiger partial charge < -0.3 is 4.90 Å². The van der Waals surface area contributed by atoms with Crippen molar-refractivity contribution in [1.29, 1.82) is 0 Å². The van der Waals surface area contributed by atoms with Gasteiger partial charge >= 0.3 is 0 Å². The van der Waals surface area contributed by atoms with Crippen LogP contribution in [0.1, 0.15) is 41.0 Å². The molecule has 1 heterocycles. The summed E-state index contributed by atoms with van der Waals surface area (Å²) in [6.45, 7) is 12.4. The second-order valence-corrected chi connectivity index (χ2v) is 5.52. The fourth-order valence-electron chi connectivity index (χ4n) is 1.24. The molecule has 1 aliphatic rings. The predicted octanol–water partition coefficient (Wildman–Crippen LogP) is 2.29. The highest BCUT2D eigenvalue weighted by molar-refractivity contribution is 5.83. The maximum Gasteiger partial charge on any atom is 0.228 e. The molecule has 1 aliphatic heterocycles. The van der Waals surface area contributed by atoms with Crippen LogP contribution in [0.4, 0.5) is 0 Å². The van der Waals surface area contributed by atoms with Crippen molar-refractivity contribution in [2.75, 3.05) is 13.1 Å². The van der Waals surface area contributed by atoms with Crippen LogP contribution in [0, 0.1) is 10.8 Å². The van der Waals surface area contributed by atoms with E-state index >= 15 is 0 Å². The Kier molecular flexibility index (Phi) is 2.44. The van der Waals surface area contributed by atoms with Gasteiger partial charge in [0.1, 0.15) is 0 Å². The van der Waals surface area contributed by atoms with Crippen LogP contribution in [0.2, 0.25) is 0 Å². The minimum absolute atomic E-state index is 0.0413. The number of amides is 1. The van der Waals surface area contributed by atoms with Crippen molar-refractivity contribution < 1.29 is 4.79 Å². The van der Waals surface area contributed by atoms with Crippen LogP contribution in [0.3, 0.4) is 0 Å². The average Bonchev–Trinajstić information content (AvgIpc) is 1.80. The predicted molar refractivity (Wildman–Crippen MR) is 54.4 cm³/mol. The lowest BCUT2D eigenvalue weighted by Gasteiger charge is -2.44. The number of nitrogens with zero attached hydrogens (tertiary/aromatic N) is 1. The summed E-state index contributed by atoms with van der Waals surface area (Å²) in [7, 11) is 0. The fourth-order valence-corrected chi connectivity index (χ4v) is 1.24. The van der Waals surface area contributed by atoms with E-state index in [1.165, 1.54) is 6.42 Å². The normalized spacial score (nSPS) is 18.4. The second-order valence-electron chi connectivity index (χ2n) is 5.52. The van der Waals surface area contributed by atoms with E-state index in [1.54, 1.807) is 0 Å². The molecule has 0 saturated carbocycles. The lowest BCUT2D eigenvalue weighted by atomic mass is 9.68. The largest absolute Gasteiger partial charge is 0.342 e. The molecule has 2 nitrogen and oxygen atoms in total. The topological polar surface area (TPSA) is 20.3 Å². The Bertz CT molecular complexity index is 209. The molecule has 0 radical (unpaired) electrons. The third-order valence-electron chi connectivity index (χ3n) is 3.55. The quantitative estimate of drug-likeness (QED) is 0.611. The number of rotatable bonds is 1. The van der Waals surface area contributed by atoms with Gasteiger partial charge in [0, 0.05) is 18.5 Å². The summed E-state index contributed by atoms with van der Waals surface area (Å²) in [6.07, 6.45) is 1.17. The summed E-state index contributed by atoms with van der Waals surface area (Å²) in [5.41, 5.74) is -0.201. The van der Waals surface area contributed by atoms with Crippen LogP contribution in [0.25, 0.3) is 0 Å². The highest BCUT2D eigenvalue weighted by atomic mass is 16.2. The Morgan fingerprint density at radius 3 is 1.77 bits per heavy atom. The van der Waals surface area contributed by atoms with Crippen molar-refractivity contribution in [3.63, 3.8) is 0 Å². The van der Waals surface area contributed by atoms with E-state index in [9.17, 15) is 4.79 Å². The molecular formula is C11H21NO. The number of hydrogen-bond acceptors (Lipinski definition) is 1. The highest BCUT2D eigenvalue weighted by Gasteiger charge is 2.43. The van der Waals surface area contributed by atoms with Crippen LogP contribution in [-0.4, -0.2) is 23.9 Å². The number of carbonyl (C=O) groups excluding carboxylic acids is 1. The molecule has 0 aromatic heterocycles. The van der Waals surface area contributed by atoms with Gasteiger partial charge in [-0.05, 0) is 11.8 Å². The first-order valence-electron chi connectivity index (χ1n) is 5.06. The Morgan fingerprint density at radius 2 is 1.54 bits per heavy atom. The Morgan fingerprint density at radius 1 is 1.08 bits per heavy atom. The summed E-state index contributed by atoms with van der Waals surface area (Å²) in [5.74, 6) is 0.311. The van der Waals surface area contributed by atoms with Gasteiger partial charge in [0.2, 0.25) is 5.91 Å². The van der Waals surface area contributed by atoms with Crippen LogP contribution >= 0.6 is 0 Å². The van der Waals surface area contributed by atoms with Crippen LogP contribution < -0.4 is 0 Å². The van der Waals surface area contributed by atoms with Crippen molar-refractivity contribution in [1.82, 2.24) is 4.90 Å². The van der Waals surface area contributed by atoms with Gasteiger partial charge in [-0.3, -0.25) is 4.79 Å². The zero-order valence-electron chi connectivity index (χ0n) is 9.48. The number of hydrogen-bond donors (Lipinski definition) is 0. The molecule has 76 valence electrons. The number of carbonyl (C=O) groups is 1. The van der Waals surface area contributed by atoms with Crippen molar-refractivity contribution >= 4 is 5.91 Å². The Balaban J connectivity index is 2.73. The molecule has 13 heavy (non-hydrogen) atoms. The minimum Gasteiger partial charge on any atom is -0.342 e. The van der Waals surface area contributed by atoms with Crippen molar-refractivity contribution in [2.24, 2.45) is 10.8 Å². The zero-order valence-corrected chi connectivity index (χ0v) is 9.48. The smallest absolute Gasteiger partial charge is 0.228 e. The molecule has 2 heteroatoms. The average molecular weight is 183 g/mol. The first-order valence-corrected chi connectivity index (χ1v) is 5.06. The lowest BCUT2D eigenvalue weighted by Crippen LogP contribution is -2.52. The van der Waals surface area contributed by atoms with Crippen molar-refractivity contribution in [3.8, 4) is 0 Å². The van der Waals surface area contributed by atoms with E-state index < -0.39 is 0 Å². The van der Waals surface area contributed by atoms with Crippen molar-refractivity contribution in [3.05, 3.63) is 0 Å². The van der Waals surface area contributed by atoms with E-state index in [-0.39, 0.29) is 10.8 Å². The molecule has 1 amide bonds. The van der Waals surface area contributed by atoms with Gasteiger partial charge in [-0.25, -0.2) is 0 Å². The SMILES string of the molecule is CC(C)(C)C(C)(C)C(=O)N1CCC1. The standard InChI is InChI=1S/C11H21NO/c1-10(2,3)11(4,5)9(13)12-7-6-8-12/h6-8H2,1-5H3. The van der Waals surface area contributed by atoms with Gasteiger partial charge in [0.15, 0.2) is 0 Å². The summed E-state index contributed by atoms with van der Waals surface area (Å²) in [6, 6.07) is 0. The Labute approximate surface area is 81.3 Å². The summed E-state index contributed by atoms with van der Waals surface area (Å²) in [5, 5.41) is 0. The van der Waals surface area contributed by atoms with Gasteiger partial charge in [-0.15, -0.1) is 0 Å². The van der Waals surface area contributed by atoms with E-state index in [1.807, 2.05) is 18.7 Å². The summed E-state index contributed by atoms with van der Waals surface area (Å²) in [4.78, 5) is 14.0. The van der Waals surface area contributed by atoms with E-state index in [2.05, 4.69) is 20.8 Å². The van der Waals surface area contributed by atoms with Crippen molar-refractivity contribution in [2.45, 2.75) is 41.0 Å². The first-order chi connectivity index (χ1) is 5.77.